The number of carbonyl (C=O) groups excluding carboxylic acids is 1. The van der Waals surface area contributed by atoms with Gasteiger partial charge in [0.25, 0.3) is 0 Å². The van der Waals surface area contributed by atoms with E-state index in [0.717, 1.165) is 40.8 Å². The van der Waals surface area contributed by atoms with E-state index in [1.54, 1.807) is 11.8 Å². The summed E-state index contributed by atoms with van der Waals surface area (Å²) in [5.41, 5.74) is 5.72. The van der Waals surface area contributed by atoms with E-state index in [0.29, 0.717) is 13.0 Å². The molecule has 4 rings (SSSR count). The molecule has 3 aromatic carbocycles. The summed E-state index contributed by atoms with van der Waals surface area (Å²) in [6.45, 7) is 4.82. The van der Waals surface area contributed by atoms with Crippen molar-refractivity contribution < 1.29 is 4.79 Å². The number of aromatic nitrogens is 3. The topological polar surface area (TPSA) is 59.8 Å². The number of benzene rings is 3. The number of thioether (sulfide) groups is 1. The minimum absolute atomic E-state index is 0.0943. The summed E-state index contributed by atoms with van der Waals surface area (Å²) in [6.07, 6.45) is 2.14. The summed E-state index contributed by atoms with van der Waals surface area (Å²) < 4.78 is 2.11. The molecule has 1 aromatic heterocycles. The molecule has 0 saturated heterocycles. The largest absolute Gasteiger partial charge is 0.356 e. The van der Waals surface area contributed by atoms with E-state index in [2.05, 4.69) is 94.6 Å². The number of rotatable bonds is 10. The Kier molecular flexibility index (Phi) is 8.15. The Morgan fingerprint density at radius 1 is 0.882 bits per heavy atom. The van der Waals surface area contributed by atoms with Crippen molar-refractivity contribution in [1.29, 1.82) is 0 Å². The molecule has 1 heterocycles. The fraction of sp³-hybridized carbons (Fsp3) is 0.250. The number of hydrogen-bond acceptors (Lipinski definition) is 4. The van der Waals surface area contributed by atoms with Gasteiger partial charge in [-0.05, 0) is 44.4 Å². The highest BCUT2D eigenvalue weighted by Gasteiger charge is 2.16. The molecule has 0 bridgehead atoms. The zero-order valence-corrected chi connectivity index (χ0v) is 20.5. The molecule has 174 valence electrons. The van der Waals surface area contributed by atoms with Crippen LogP contribution in [0, 0.1) is 13.8 Å². The number of carbonyl (C=O) groups is 1. The monoisotopic (exact) mass is 470 g/mol. The first-order chi connectivity index (χ1) is 16.6. The Hall–Kier alpha value is -3.38. The van der Waals surface area contributed by atoms with Crippen LogP contribution < -0.4 is 5.32 Å². The molecular formula is C28H30N4OS. The van der Waals surface area contributed by atoms with Gasteiger partial charge in [-0.2, -0.15) is 0 Å². The Morgan fingerprint density at radius 2 is 1.56 bits per heavy atom. The highest BCUT2D eigenvalue weighted by molar-refractivity contribution is 7.99. The van der Waals surface area contributed by atoms with Crippen LogP contribution in [-0.4, -0.2) is 33.0 Å². The molecule has 0 fully saturated rings. The van der Waals surface area contributed by atoms with Crippen molar-refractivity contribution in [3.8, 4) is 17.1 Å². The fourth-order valence-electron chi connectivity index (χ4n) is 3.66. The van der Waals surface area contributed by atoms with Gasteiger partial charge in [0.15, 0.2) is 11.0 Å². The average molecular weight is 471 g/mol. The minimum atomic E-state index is 0.0943. The summed E-state index contributed by atoms with van der Waals surface area (Å²) in [5, 5.41) is 12.9. The van der Waals surface area contributed by atoms with Gasteiger partial charge in [-0.1, -0.05) is 89.6 Å². The summed E-state index contributed by atoms with van der Waals surface area (Å²) in [7, 11) is 0. The van der Waals surface area contributed by atoms with Gasteiger partial charge in [-0.25, -0.2) is 0 Å². The molecule has 0 atom stereocenters. The lowest BCUT2D eigenvalue weighted by Gasteiger charge is -2.11. The molecule has 0 spiro atoms. The molecule has 5 nitrogen and oxygen atoms in total. The average Bonchev–Trinajstić information content (AvgIpc) is 3.27. The van der Waals surface area contributed by atoms with Gasteiger partial charge in [-0.3, -0.25) is 9.36 Å². The van der Waals surface area contributed by atoms with E-state index in [4.69, 9.17) is 0 Å². The van der Waals surface area contributed by atoms with E-state index < -0.39 is 0 Å². The van der Waals surface area contributed by atoms with Crippen molar-refractivity contribution in [1.82, 2.24) is 20.1 Å². The van der Waals surface area contributed by atoms with Crippen LogP contribution in [-0.2, 0) is 11.2 Å². The quantitative estimate of drug-likeness (QED) is 0.236. The van der Waals surface area contributed by atoms with Crippen LogP contribution in [0.1, 0.15) is 29.5 Å². The van der Waals surface area contributed by atoms with Crippen molar-refractivity contribution >= 4 is 17.7 Å². The van der Waals surface area contributed by atoms with Crippen molar-refractivity contribution in [3.05, 3.63) is 95.6 Å². The van der Waals surface area contributed by atoms with Crippen LogP contribution >= 0.6 is 11.8 Å². The lowest BCUT2D eigenvalue weighted by atomic mass is 10.1. The predicted molar refractivity (Wildman–Crippen MR) is 139 cm³/mol. The maximum Gasteiger partial charge on any atom is 0.220 e. The van der Waals surface area contributed by atoms with E-state index in [9.17, 15) is 4.79 Å². The molecule has 0 aliphatic carbocycles. The summed E-state index contributed by atoms with van der Waals surface area (Å²) >= 11 is 1.64. The van der Waals surface area contributed by atoms with E-state index in [-0.39, 0.29) is 5.91 Å². The van der Waals surface area contributed by atoms with Gasteiger partial charge in [0, 0.05) is 30.0 Å². The first-order valence-electron chi connectivity index (χ1n) is 11.6. The Balaban J connectivity index is 1.36. The number of nitrogens with zero attached hydrogens (tertiary/aromatic N) is 3. The second-order valence-electron chi connectivity index (χ2n) is 8.38. The first kappa shape index (κ1) is 23.8. The van der Waals surface area contributed by atoms with Crippen LogP contribution in [0.3, 0.4) is 0 Å². The molecule has 0 radical (unpaired) electrons. The van der Waals surface area contributed by atoms with Gasteiger partial charge in [0.1, 0.15) is 0 Å². The highest BCUT2D eigenvalue weighted by Crippen LogP contribution is 2.28. The molecular weight excluding hydrogens is 440 g/mol. The predicted octanol–water partition coefficient (Wildman–Crippen LogP) is 5.78. The maximum atomic E-state index is 12.2. The first-order valence-corrected chi connectivity index (χ1v) is 12.6. The van der Waals surface area contributed by atoms with Crippen molar-refractivity contribution in [2.24, 2.45) is 0 Å². The molecule has 6 heteroatoms. The van der Waals surface area contributed by atoms with Gasteiger partial charge in [0.2, 0.25) is 5.91 Å². The Morgan fingerprint density at radius 3 is 2.26 bits per heavy atom. The van der Waals surface area contributed by atoms with Gasteiger partial charge >= 0.3 is 0 Å². The normalized spacial score (nSPS) is 10.9. The summed E-state index contributed by atoms with van der Waals surface area (Å²) in [4.78, 5) is 12.2. The SMILES string of the molecule is Cc1ccc(-c2nnc(SCCCC(=O)NCCc3ccccc3)n2-c2ccc(C)cc2)cc1. The standard InChI is InChI=1S/C28H30N4OS/c1-21-10-14-24(15-11-21)27-30-31-28(32(27)25-16-12-22(2)13-17-25)34-20-6-9-26(33)29-19-18-23-7-4-3-5-8-23/h3-5,7-8,10-17H,6,9,18-20H2,1-2H3,(H,29,33). The Bertz CT molecular complexity index is 1200. The van der Waals surface area contributed by atoms with Crippen LogP contribution in [0.5, 0.6) is 0 Å². The molecule has 0 saturated carbocycles. The van der Waals surface area contributed by atoms with Crippen molar-refractivity contribution in [2.75, 3.05) is 12.3 Å². The maximum absolute atomic E-state index is 12.2. The highest BCUT2D eigenvalue weighted by atomic mass is 32.2. The van der Waals surface area contributed by atoms with E-state index in [1.165, 1.54) is 16.7 Å². The van der Waals surface area contributed by atoms with E-state index >= 15 is 0 Å². The third-order valence-electron chi connectivity index (χ3n) is 5.59. The van der Waals surface area contributed by atoms with Gasteiger partial charge in [-0.15, -0.1) is 10.2 Å². The zero-order valence-electron chi connectivity index (χ0n) is 19.7. The third kappa shape index (κ3) is 6.35. The van der Waals surface area contributed by atoms with Crippen LogP contribution in [0.15, 0.2) is 84.0 Å². The number of amides is 1. The van der Waals surface area contributed by atoms with Crippen LogP contribution in [0.25, 0.3) is 17.1 Å². The molecule has 0 aliphatic rings. The molecule has 1 amide bonds. The lowest BCUT2D eigenvalue weighted by Crippen LogP contribution is -2.25. The lowest BCUT2D eigenvalue weighted by molar-refractivity contribution is -0.121. The molecule has 1 N–H and O–H groups in total. The summed E-state index contributed by atoms with van der Waals surface area (Å²) in [5.74, 6) is 1.71. The minimum Gasteiger partial charge on any atom is -0.356 e. The van der Waals surface area contributed by atoms with Crippen LogP contribution in [0.4, 0.5) is 0 Å². The third-order valence-corrected chi connectivity index (χ3v) is 6.61. The molecule has 0 aliphatic heterocycles. The molecule has 4 aromatic rings. The van der Waals surface area contributed by atoms with Crippen molar-refractivity contribution in [3.63, 3.8) is 0 Å². The summed E-state index contributed by atoms with van der Waals surface area (Å²) in [6, 6.07) is 26.9. The smallest absolute Gasteiger partial charge is 0.220 e. The Labute approximate surface area is 205 Å². The van der Waals surface area contributed by atoms with Gasteiger partial charge in [0.05, 0.1) is 0 Å². The van der Waals surface area contributed by atoms with Crippen molar-refractivity contribution in [2.45, 2.75) is 38.3 Å². The zero-order chi connectivity index (χ0) is 23.8. The second-order valence-corrected chi connectivity index (χ2v) is 9.44. The molecule has 34 heavy (non-hydrogen) atoms. The second kappa shape index (κ2) is 11.7. The van der Waals surface area contributed by atoms with Crippen LogP contribution in [0.2, 0.25) is 0 Å². The number of hydrogen-bond donors (Lipinski definition) is 1. The molecule has 0 unspecified atom stereocenters. The fourth-order valence-corrected chi connectivity index (χ4v) is 4.55. The number of nitrogens with one attached hydrogen (secondary N) is 1. The number of aryl methyl sites for hydroxylation is 2. The van der Waals surface area contributed by atoms with Gasteiger partial charge < -0.3 is 5.32 Å². The van der Waals surface area contributed by atoms with E-state index in [1.807, 2.05) is 18.2 Å².